The molecule has 0 bridgehead atoms. The average molecular weight is 517 g/mol. The molecule has 0 spiro atoms. The predicted molar refractivity (Wildman–Crippen MR) is 140 cm³/mol. The van der Waals surface area contributed by atoms with Crippen molar-refractivity contribution in [1.29, 1.82) is 0 Å². The summed E-state index contributed by atoms with van der Waals surface area (Å²) in [5, 5.41) is 0. The zero-order valence-corrected chi connectivity index (χ0v) is 21.8. The summed E-state index contributed by atoms with van der Waals surface area (Å²) in [6.07, 6.45) is 1.24. The fourth-order valence-corrected chi connectivity index (χ4v) is 6.16. The highest BCUT2D eigenvalue weighted by atomic mass is 32.2. The van der Waals surface area contributed by atoms with Crippen molar-refractivity contribution >= 4 is 15.8 Å². The second kappa shape index (κ2) is 9.86. The number of rotatable bonds is 7. The van der Waals surface area contributed by atoms with Crippen LogP contribution in [0.2, 0.25) is 0 Å². The van der Waals surface area contributed by atoms with Gasteiger partial charge >= 0.3 is 5.97 Å². The molecule has 0 unspecified atom stereocenters. The number of ether oxygens (including phenoxy) is 2. The van der Waals surface area contributed by atoms with Crippen LogP contribution < -0.4 is 4.74 Å². The van der Waals surface area contributed by atoms with Gasteiger partial charge in [-0.05, 0) is 67.6 Å². The van der Waals surface area contributed by atoms with Gasteiger partial charge < -0.3 is 14.0 Å². The number of hydrogen-bond donors (Lipinski definition) is 0. The van der Waals surface area contributed by atoms with Crippen LogP contribution in [-0.4, -0.2) is 37.7 Å². The van der Waals surface area contributed by atoms with E-state index in [9.17, 15) is 13.2 Å². The molecule has 2 aromatic carbocycles. The number of pyridine rings is 1. The molecular formula is C29H28N2O5S. The van der Waals surface area contributed by atoms with Gasteiger partial charge in [0.15, 0.2) is 0 Å². The Morgan fingerprint density at radius 3 is 2.38 bits per heavy atom. The van der Waals surface area contributed by atoms with Gasteiger partial charge in [-0.3, -0.25) is 0 Å². The molecule has 5 rings (SSSR count). The minimum atomic E-state index is -3.84. The highest BCUT2D eigenvalue weighted by Gasteiger charge is 2.31. The zero-order valence-electron chi connectivity index (χ0n) is 21.0. The molecule has 2 heterocycles. The van der Waals surface area contributed by atoms with Crippen LogP contribution in [0.25, 0.3) is 11.4 Å². The normalized spacial score (nSPS) is 12.5. The van der Waals surface area contributed by atoms with Crippen LogP contribution in [0.1, 0.15) is 39.7 Å². The second-order valence-corrected chi connectivity index (χ2v) is 10.9. The lowest BCUT2D eigenvalue weighted by Gasteiger charge is -2.22. The highest BCUT2D eigenvalue weighted by Crippen LogP contribution is 2.40. The fourth-order valence-electron chi connectivity index (χ4n) is 4.74. The van der Waals surface area contributed by atoms with Crippen LogP contribution in [0.5, 0.6) is 5.88 Å². The Balaban J connectivity index is 1.69. The zero-order chi connectivity index (χ0) is 26.2. The molecule has 1 aliphatic rings. The van der Waals surface area contributed by atoms with E-state index in [1.54, 1.807) is 43.3 Å². The second-order valence-electron chi connectivity index (χ2n) is 9.02. The summed E-state index contributed by atoms with van der Waals surface area (Å²) >= 11 is 0. The van der Waals surface area contributed by atoms with Gasteiger partial charge in [0, 0.05) is 6.54 Å². The van der Waals surface area contributed by atoms with Crippen molar-refractivity contribution in [2.45, 2.75) is 43.0 Å². The molecule has 2 aromatic heterocycles. The van der Waals surface area contributed by atoms with Crippen molar-refractivity contribution in [2.24, 2.45) is 0 Å². The van der Waals surface area contributed by atoms with Crippen molar-refractivity contribution < 1.29 is 22.7 Å². The van der Waals surface area contributed by atoms with E-state index in [2.05, 4.69) is 0 Å². The summed E-state index contributed by atoms with van der Waals surface area (Å²) in [6, 6.07) is 19.9. The number of benzene rings is 2. The molecule has 37 heavy (non-hydrogen) atoms. The van der Waals surface area contributed by atoms with Gasteiger partial charge in [-0.1, -0.05) is 48.0 Å². The minimum absolute atomic E-state index is 0.0243. The van der Waals surface area contributed by atoms with Gasteiger partial charge in [0.05, 0.1) is 30.0 Å². The van der Waals surface area contributed by atoms with E-state index in [0.29, 0.717) is 30.8 Å². The number of aromatic nitrogens is 2. The third kappa shape index (κ3) is 4.53. The molecular weight excluding hydrogens is 488 g/mol. The smallest absolute Gasteiger partial charge is 0.354 e. The van der Waals surface area contributed by atoms with Gasteiger partial charge in [0.25, 0.3) is 0 Å². The van der Waals surface area contributed by atoms with Gasteiger partial charge in [-0.25, -0.2) is 18.2 Å². The molecule has 8 heteroatoms. The molecule has 190 valence electrons. The first kappa shape index (κ1) is 24.8. The number of hydrogen-bond acceptors (Lipinski definition) is 6. The maximum absolute atomic E-state index is 13.5. The predicted octanol–water partition coefficient (Wildman–Crippen LogP) is 5.02. The maximum Gasteiger partial charge on any atom is 0.354 e. The van der Waals surface area contributed by atoms with Crippen molar-refractivity contribution in [2.75, 3.05) is 13.7 Å². The Morgan fingerprint density at radius 2 is 1.70 bits per heavy atom. The fraction of sp³-hybridized carbons (Fsp3) is 0.241. The molecule has 0 radical (unpaired) electrons. The summed E-state index contributed by atoms with van der Waals surface area (Å²) in [5.41, 5.74) is 5.78. The molecule has 0 fully saturated rings. The number of fused-ring (bicyclic) bond motifs is 3. The van der Waals surface area contributed by atoms with E-state index in [-0.39, 0.29) is 22.3 Å². The lowest BCUT2D eigenvalue weighted by molar-refractivity contribution is 0.0514. The summed E-state index contributed by atoms with van der Waals surface area (Å²) in [5.74, 6) is -0.378. The molecule has 0 atom stereocenters. The summed E-state index contributed by atoms with van der Waals surface area (Å²) < 4.78 is 39.7. The van der Waals surface area contributed by atoms with Gasteiger partial charge in [0.1, 0.15) is 10.6 Å². The van der Waals surface area contributed by atoms with Gasteiger partial charge in [-0.2, -0.15) is 0 Å². The van der Waals surface area contributed by atoms with Gasteiger partial charge in [-0.15, -0.1) is 0 Å². The van der Waals surface area contributed by atoms with Crippen molar-refractivity contribution in [3.63, 3.8) is 0 Å². The van der Waals surface area contributed by atoms with Crippen molar-refractivity contribution in [3.8, 4) is 17.3 Å². The number of nitrogens with zero attached hydrogens (tertiary/aromatic N) is 2. The quantitative estimate of drug-likeness (QED) is 0.321. The topological polar surface area (TPSA) is 87.5 Å². The van der Waals surface area contributed by atoms with E-state index in [0.717, 1.165) is 27.9 Å². The molecule has 4 aromatic rings. The Hall–Kier alpha value is -3.91. The van der Waals surface area contributed by atoms with Crippen molar-refractivity contribution in [3.05, 3.63) is 94.7 Å². The summed E-state index contributed by atoms with van der Waals surface area (Å²) in [7, 11) is -2.42. The van der Waals surface area contributed by atoms with Crippen LogP contribution in [0.3, 0.4) is 0 Å². The number of aryl methyl sites for hydroxylation is 3. The van der Waals surface area contributed by atoms with E-state index in [4.69, 9.17) is 14.5 Å². The highest BCUT2D eigenvalue weighted by molar-refractivity contribution is 7.91. The molecule has 1 aliphatic carbocycles. The lowest BCUT2D eigenvalue weighted by Crippen LogP contribution is -2.16. The third-order valence-electron chi connectivity index (χ3n) is 6.58. The Bertz CT molecular complexity index is 1570. The molecule has 0 saturated carbocycles. The van der Waals surface area contributed by atoms with E-state index in [1.807, 2.05) is 41.8 Å². The first-order valence-corrected chi connectivity index (χ1v) is 13.6. The average Bonchev–Trinajstić information content (AvgIpc) is 3.28. The Labute approximate surface area is 216 Å². The summed E-state index contributed by atoms with van der Waals surface area (Å²) in [4.78, 5) is 17.9. The first-order valence-electron chi connectivity index (χ1n) is 12.2. The van der Waals surface area contributed by atoms with Crippen LogP contribution in [0, 0.1) is 6.92 Å². The van der Waals surface area contributed by atoms with Gasteiger partial charge in [0.2, 0.25) is 15.7 Å². The number of carbonyl (C=O) groups is 1. The molecule has 0 amide bonds. The third-order valence-corrected chi connectivity index (χ3v) is 8.34. The Morgan fingerprint density at radius 1 is 1.00 bits per heavy atom. The molecule has 0 aliphatic heterocycles. The molecule has 7 nitrogen and oxygen atoms in total. The standard InChI is InChI=1S/C29H28N2O5S/c1-4-36-29(32)24-16-22-15-14-21-17-25(37(33,34)23-8-6-5-7-9-23)28(35-3)30-26(21)27(22)31(24)18-20-12-10-19(2)11-13-20/h5-13,16-17H,4,14-15,18H2,1-3H3. The molecule has 0 saturated heterocycles. The maximum atomic E-state index is 13.5. The number of carbonyl (C=O) groups excluding carboxylic acids is 1. The van der Waals surface area contributed by atoms with Crippen LogP contribution >= 0.6 is 0 Å². The Kier molecular flexibility index (Phi) is 6.60. The minimum Gasteiger partial charge on any atom is -0.480 e. The first-order chi connectivity index (χ1) is 17.8. The van der Waals surface area contributed by atoms with Crippen LogP contribution in [-0.2, 0) is 34.0 Å². The van der Waals surface area contributed by atoms with Crippen LogP contribution in [0.15, 0.2) is 76.5 Å². The van der Waals surface area contributed by atoms with Crippen molar-refractivity contribution in [1.82, 2.24) is 9.55 Å². The monoisotopic (exact) mass is 516 g/mol. The number of esters is 1. The SMILES string of the molecule is CCOC(=O)c1cc2c(n1Cc1ccc(C)cc1)-c1nc(OC)c(S(=O)(=O)c3ccccc3)cc1CC2. The van der Waals surface area contributed by atoms with E-state index in [1.165, 1.54) is 7.11 Å². The molecule has 0 N–H and O–H groups in total. The number of sulfone groups is 1. The lowest BCUT2D eigenvalue weighted by atomic mass is 9.94. The largest absolute Gasteiger partial charge is 0.480 e. The van der Waals surface area contributed by atoms with E-state index >= 15 is 0 Å². The number of methoxy groups -OCH3 is 1. The van der Waals surface area contributed by atoms with Crippen LogP contribution in [0.4, 0.5) is 0 Å². The summed E-state index contributed by atoms with van der Waals surface area (Å²) in [6.45, 7) is 4.51. The van der Waals surface area contributed by atoms with E-state index < -0.39 is 15.8 Å².